The van der Waals surface area contributed by atoms with Crippen molar-refractivity contribution >= 4 is 17.8 Å². The minimum Gasteiger partial charge on any atom is -0.545 e. The Labute approximate surface area is 115 Å². The second-order valence-electron chi connectivity index (χ2n) is 3.28. The Morgan fingerprint density at radius 1 is 1.56 bits per heavy atom. The van der Waals surface area contributed by atoms with Crippen molar-refractivity contribution in [1.82, 2.24) is 9.78 Å². The third-order valence-corrected chi connectivity index (χ3v) is 1.77. The number of aromatic nitrogens is 2. The molecule has 1 aromatic rings. The predicted molar refractivity (Wildman–Crippen MR) is 51.5 cm³/mol. The first-order valence-electron chi connectivity index (χ1n) is 4.39. The molecular formula is C10H11N2NaO3. The fraction of sp³-hybridized carbons (Fsp3) is 0.300. The predicted octanol–water partition coefficient (Wildman–Crippen LogP) is -3.46. The number of aryl methyl sites for hydroxylation is 1. The van der Waals surface area contributed by atoms with Crippen molar-refractivity contribution in [3.8, 4) is 0 Å². The molecule has 0 aromatic carbocycles. The summed E-state index contributed by atoms with van der Waals surface area (Å²) in [5.41, 5.74) is 0.605. The molecule has 0 atom stereocenters. The number of carboxylic acid groups (broad SMARTS) is 1. The first-order valence-corrected chi connectivity index (χ1v) is 4.39. The molecule has 80 valence electrons. The van der Waals surface area contributed by atoms with Gasteiger partial charge in [0.1, 0.15) is 5.78 Å². The van der Waals surface area contributed by atoms with Gasteiger partial charge < -0.3 is 9.90 Å². The summed E-state index contributed by atoms with van der Waals surface area (Å²) >= 11 is 0. The maximum absolute atomic E-state index is 10.8. The Morgan fingerprint density at radius 2 is 2.19 bits per heavy atom. The van der Waals surface area contributed by atoms with Gasteiger partial charge in [0, 0.05) is 25.2 Å². The molecule has 0 spiro atoms. The minimum atomic E-state index is -1.32. The monoisotopic (exact) mass is 230 g/mol. The summed E-state index contributed by atoms with van der Waals surface area (Å²) in [5.74, 6) is -1.54. The number of Topliss-reactive ketones (excluding diaryl/α,β-unsaturated/α-hetero) is 1. The van der Waals surface area contributed by atoms with E-state index in [1.807, 2.05) is 0 Å². The van der Waals surface area contributed by atoms with Gasteiger partial charge >= 0.3 is 29.6 Å². The normalized spacial score (nSPS) is 10.8. The fourth-order valence-corrected chi connectivity index (χ4v) is 1.17. The van der Waals surface area contributed by atoms with Crippen molar-refractivity contribution < 1.29 is 44.3 Å². The molecule has 0 bridgehead atoms. The Morgan fingerprint density at radius 3 is 2.56 bits per heavy atom. The van der Waals surface area contributed by atoms with Gasteiger partial charge in [0.15, 0.2) is 0 Å². The van der Waals surface area contributed by atoms with Crippen LogP contribution in [0.2, 0.25) is 0 Å². The average Bonchev–Trinajstić information content (AvgIpc) is 2.49. The van der Waals surface area contributed by atoms with E-state index in [0.717, 1.165) is 0 Å². The van der Waals surface area contributed by atoms with Gasteiger partial charge in [-0.05, 0) is 18.6 Å². The maximum Gasteiger partial charge on any atom is 1.00 e. The van der Waals surface area contributed by atoms with E-state index in [0.29, 0.717) is 5.56 Å². The Hall–Kier alpha value is -0.910. The van der Waals surface area contributed by atoms with E-state index >= 15 is 0 Å². The Balaban J connectivity index is 0.00000225. The molecule has 0 radical (unpaired) electrons. The molecule has 1 rings (SSSR count). The molecule has 1 heterocycles. The standard InChI is InChI=1S/C10H12N2O3.Na/c1-7(13)3-9(10(14)15)4-8-5-11-12(2)6-8;/h4-6H,3H2,1-2H3,(H,14,15);/q;+1/p-1/b9-4+;. The maximum atomic E-state index is 10.8. The molecule has 0 saturated carbocycles. The topological polar surface area (TPSA) is 75.0 Å². The molecule has 1 aromatic heterocycles. The molecule has 5 nitrogen and oxygen atoms in total. The van der Waals surface area contributed by atoms with E-state index in [1.165, 1.54) is 19.2 Å². The van der Waals surface area contributed by atoms with E-state index in [4.69, 9.17) is 0 Å². The fourth-order valence-electron chi connectivity index (χ4n) is 1.17. The number of hydrogen-bond acceptors (Lipinski definition) is 4. The van der Waals surface area contributed by atoms with Gasteiger partial charge in [0.05, 0.1) is 12.2 Å². The quantitative estimate of drug-likeness (QED) is 0.398. The molecule has 0 aliphatic heterocycles. The zero-order valence-corrected chi connectivity index (χ0v) is 11.6. The molecule has 0 unspecified atom stereocenters. The smallest absolute Gasteiger partial charge is 0.545 e. The van der Waals surface area contributed by atoms with Crippen molar-refractivity contribution in [2.45, 2.75) is 13.3 Å². The van der Waals surface area contributed by atoms with Crippen molar-refractivity contribution in [3.63, 3.8) is 0 Å². The SMILES string of the molecule is CC(=O)C/C(=C\c1cnn(C)c1)C(=O)[O-].[Na+]. The summed E-state index contributed by atoms with van der Waals surface area (Å²) in [5, 5.41) is 14.6. The second-order valence-corrected chi connectivity index (χ2v) is 3.28. The second kappa shape index (κ2) is 6.62. The number of aliphatic carboxylic acids is 1. The molecular weight excluding hydrogens is 219 g/mol. The van der Waals surface area contributed by atoms with Crippen LogP contribution in [0.5, 0.6) is 0 Å². The summed E-state index contributed by atoms with van der Waals surface area (Å²) in [6.07, 6.45) is 4.44. The summed E-state index contributed by atoms with van der Waals surface area (Å²) in [4.78, 5) is 21.5. The van der Waals surface area contributed by atoms with Gasteiger partial charge in [-0.1, -0.05) is 0 Å². The number of carboxylic acids is 1. The van der Waals surface area contributed by atoms with E-state index in [1.54, 1.807) is 17.9 Å². The van der Waals surface area contributed by atoms with Crippen LogP contribution in [0, 0.1) is 0 Å². The van der Waals surface area contributed by atoms with Crippen LogP contribution in [0.15, 0.2) is 18.0 Å². The van der Waals surface area contributed by atoms with Crippen molar-refractivity contribution in [2.75, 3.05) is 0 Å². The zero-order valence-electron chi connectivity index (χ0n) is 9.56. The van der Waals surface area contributed by atoms with Gasteiger partial charge in [-0.15, -0.1) is 0 Å². The number of carbonyl (C=O) groups excluding carboxylic acids is 2. The largest absolute Gasteiger partial charge is 1.00 e. The van der Waals surface area contributed by atoms with Gasteiger partial charge in [-0.2, -0.15) is 5.10 Å². The van der Waals surface area contributed by atoms with Crippen LogP contribution in [0.4, 0.5) is 0 Å². The third kappa shape index (κ3) is 4.74. The average molecular weight is 230 g/mol. The van der Waals surface area contributed by atoms with Gasteiger partial charge in [0.2, 0.25) is 0 Å². The molecule has 0 aliphatic rings. The van der Waals surface area contributed by atoms with Crippen LogP contribution in [-0.2, 0) is 16.6 Å². The first kappa shape index (κ1) is 15.1. The zero-order chi connectivity index (χ0) is 11.4. The number of hydrogen-bond donors (Lipinski definition) is 0. The van der Waals surface area contributed by atoms with Crippen LogP contribution in [0.3, 0.4) is 0 Å². The summed E-state index contributed by atoms with van der Waals surface area (Å²) in [6.45, 7) is 1.33. The molecule has 0 N–H and O–H groups in total. The number of carbonyl (C=O) groups is 2. The van der Waals surface area contributed by atoms with Crippen LogP contribution in [-0.4, -0.2) is 21.5 Å². The van der Waals surface area contributed by atoms with Crippen molar-refractivity contribution in [1.29, 1.82) is 0 Å². The molecule has 0 saturated heterocycles. The van der Waals surface area contributed by atoms with Crippen molar-refractivity contribution in [3.05, 3.63) is 23.5 Å². The van der Waals surface area contributed by atoms with Crippen LogP contribution >= 0.6 is 0 Å². The van der Waals surface area contributed by atoms with Crippen LogP contribution in [0.25, 0.3) is 6.08 Å². The van der Waals surface area contributed by atoms with E-state index < -0.39 is 5.97 Å². The van der Waals surface area contributed by atoms with Crippen LogP contribution in [0.1, 0.15) is 18.9 Å². The molecule has 16 heavy (non-hydrogen) atoms. The van der Waals surface area contributed by atoms with Crippen molar-refractivity contribution in [2.24, 2.45) is 7.05 Å². The van der Waals surface area contributed by atoms with Crippen LogP contribution < -0.4 is 34.7 Å². The van der Waals surface area contributed by atoms with E-state index in [2.05, 4.69) is 5.10 Å². The minimum absolute atomic E-state index is 0. The number of ketones is 1. The van der Waals surface area contributed by atoms with Gasteiger partial charge in [-0.3, -0.25) is 9.48 Å². The van der Waals surface area contributed by atoms with Gasteiger partial charge in [0.25, 0.3) is 0 Å². The summed E-state index contributed by atoms with van der Waals surface area (Å²) < 4.78 is 1.55. The molecule has 0 amide bonds. The number of nitrogens with zero attached hydrogens (tertiary/aromatic N) is 2. The molecule has 6 heteroatoms. The third-order valence-electron chi connectivity index (χ3n) is 1.77. The Bertz CT molecular complexity index is 423. The summed E-state index contributed by atoms with van der Waals surface area (Å²) in [6, 6.07) is 0. The van der Waals surface area contributed by atoms with E-state index in [-0.39, 0.29) is 47.3 Å². The molecule has 0 fully saturated rings. The van der Waals surface area contributed by atoms with E-state index in [9.17, 15) is 14.7 Å². The van der Waals surface area contributed by atoms with Gasteiger partial charge in [-0.25, -0.2) is 0 Å². The number of rotatable bonds is 4. The Kier molecular flexibility index (Phi) is 6.25. The molecule has 0 aliphatic carbocycles. The first-order chi connectivity index (χ1) is 6.99. The summed E-state index contributed by atoms with van der Waals surface area (Å²) in [7, 11) is 1.72.